The van der Waals surface area contributed by atoms with Gasteiger partial charge >= 0.3 is 0 Å². The quantitative estimate of drug-likeness (QED) is 0.695. The van der Waals surface area contributed by atoms with Gasteiger partial charge in [-0.3, -0.25) is 0 Å². The van der Waals surface area contributed by atoms with Crippen molar-refractivity contribution in [3.05, 3.63) is 71.8 Å². The van der Waals surface area contributed by atoms with Crippen LogP contribution in [-0.2, 0) is 5.41 Å². The molecule has 92 valence electrons. The van der Waals surface area contributed by atoms with Crippen LogP contribution in [0.25, 0.3) is 0 Å². The largest absolute Gasteiger partial charge is 0.121 e. The van der Waals surface area contributed by atoms with Gasteiger partial charge in [-0.2, -0.15) is 0 Å². The highest BCUT2D eigenvalue weighted by Crippen LogP contribution is 2.45. The molecule has 0 aliphatic carbocycles. The van der Waals surface area contributed by atoms with E-state index in [1.54, 1.807) is 0 Å². The Morgan fingerprint density at radius 3 is 1.78 bits per heavy atom. The summed E-state index contributed by atoms with van der Waals surface area (Å²) in [4.78, 5) is 0. The molecule has 0 radical (unpaired) electrons. The van der Waals surface area contributed by atoms with Gasteiger partial charge in [-0.25, -0.2) is 0 Å². The van der Waals surface area contributed by atoms with Crippen LogP contribution in [0, 0.1) is 0 Å². The van der Waals surface area contributed by atoms with Crippen molar-refractivity contribution >= 4 is 8.58 Å². The molecule has 1 fully saturated rings. The molecule has 0 saturated carbocycles. The lowest BCUT2D eigenvalue weighted by Gasteiger charge is -2.38. The molecule has 0 N–H and O–H groups in total. The molecule has 18 heavy (non-hydrogen) atoms. The van der Waals surface area contributed by atoms with Gasteiger partial charge in [-0.1, -0.05) is 60.7 Å². The topological polar surface area (TPSA) is 0 Å². The Bertz CT molecular complexity index is 442. The summed E-state index contributed by atoms with van der Waals surface area (Å²) >= 11 is 0. The van der Waals surface area contributed by atoms with Crippen molar-refractivity contribution in [2.45, 2.75) is 18.3 Å². The lowest BCUT2D eigenvalue weighted by atomic mass is 9.72. The number of benzene rings is 2. The van der Waals surface area contributed by atoms with Crippen molar-refractivity contribution in [2.24, 2.45) is 0 Å². The summed E-state index contributed by atoms with van der Waals surface area (Å²) in [6.07, 6.45) is 5.40. The average Bonchev–Trinajstić information content (AvgIpc) is 2.50. The maximum atomic E-state index is 2.31. The van der Waals surface area contributed by atoms with Gasteiger partial charge < -0.3 is 0 Å². The monoisotopic (exact) mass is 254 g/mol. The molecular weight excluding hydrogens is 235 g/mol. The van der Waals surface area contributed by atoms with Gasteiger partial charge in [0.15, 0.2) is 0 Å². The highest BCUT2D eigenvalue weighted by Gasteiger charge is 2.35. The lowest BCUT2D eigenvalue weighted by molar-refractivity contribution is 0.507. The Balaban J connectivity index is 2.10. The van der Waals surface area contributed by atoms with Crippen molar-refractivity contribution < 1.29 is 0 Å². The SMILES string of the molecule is c1ccc(C2(c3ccccc3)CCCPC2)cc1. The highest BCUT2D eigenvalue weighted by molar-refractivity contribution is 7.38. The molecule has 2 aromatic carbocycles. The first-order chi connectivity index (χ1) is 8.92. The van der Waals surface area contributed by atoms with E-state index in [4.69, 9.17) is 0 Å². The Labute approximate surface area is 111 Å². The van der Waals surface area contributed by atoms with Crippen molar-refractivity contribution in [3.8, 4) is 0 Å². The minimum absolute atomic E-state index is 0.277. The second-order valence-corrected chi connectivity index (χ2v) is 6.45. The zero-order valence-corrected chi connectivity index (χ0v) is 11.6. The first-order valence-corrected chi connectivity index (χ1v) is 8.15. The van der Waals surface area contributed by atoms with E-state index in [1.807, 2.05) is 0 Å². The third kappa shape index (κ3) is 2.10. The Morgan fingerprint density at radius 2 is 1.33 bits per heavy atom. The number of hydrogen-bond acceptors (Lipinski definition) is 0. The molecule has 1 unspecified atom stereocenters. The van der Waals surface area contributed by atoms with Gasteiger partial charge in [-0.15, -0.1) is 8.58 Å². The fourth-order valence-electron chi connectivity index (χ4n) is 3.08. The molecular formula is C17H19P. The average molecular weight is 254 g/mol. The van der Waals surface area contributed by atoms with Crippen LogP contribution < -0.4 is 0 Å². The summed E-state index contributed by atoms with van der Waals surface area (Å²) in [7, 11) is 1.10. The van der Waals surface area contributed by atoms with E-state index in [0.29, 0.717) is 0 Å². The summed E-state index contributed by atoms with van der Waals surface area (Å²) in [5, 5.41) is 0. The molecule has 2 aromatic rings. The minimum Gasteiger partial charge on any atom is -0.121 e. The van der Waals surface area contributed by atoms with E-state index in [9.17, 15) is 0 Å². The molecule has 1 heteroatoms. The van der Waals surface area contributed by atoms with Crippen LogP contribution in [-0.4, -0.2) is 12.3 Å². The van der Waals surface area contributed by atoms with Crippen LogP contribution in [0.1, 0.15) is 24.0 Å². The van der Waals surface area contributed by atoms with Crippen LogP contribution in [0.15, 0.2) is 60.7 Å². The maximum absolute atomic E-state index is 2.31. The number of rotatable bonds is 2. The predicted molar refractivity (Wildman–Crippen MR) is 80.9 cm³/mol. The molecule has 0 aromatic heterocycles. The standard InChI is InChI=1S/C17H19P/c1-3-8-15(9-4-1)17(12-7-13-18-14-17)16-10-5-2-6-11-16/h1-6,8-11,18H,7,12-14H2. The maximum Gasteiger partial charge on any atom is 0.0239 e. The van der Waals surface area contributed by atoms with Crippen molar-refractivity contribution in [1.29, 1.82) is 0 Å². The smallest absolute Gasteiger partial charge is 0.0239 e. The van der Waals surface area contributed by atoms with Gasteiger partial charge in [0.2, 0.25) is 0 Å². The van der Waals surface area contributed by atoms with Crippen LogP contribution >= 0.6 is 8.58 Å². The van der Waals surface area contributed by atoms with Gasteiger partial charge in [0.1, 0.15) is 0 Å². The molecule has 0 spiro atoms. The van der Waals surface area contributed by atoms with E-state index in [1.165, 1.54) is 36.3 Å². The summed E-state index contributed by atoms with van der Waals surface area (Å²) in [5.41, 5.74) is 3.28. The molecule has 1 atom stereocenters. The predicted octanol–water partition coefficient (Wildman–Crippen LogP) is 4.45. The summed E-state index contributed by atoms with van der Waals surface area (Å²) < 4.78 is 0. The van der Waals surface area contributed by atoms with E-state index >= 15 is 0 Å². The third-order valence-corrected chi connectivity index (χ3v) is 5.60. The van der Waals surface area contributed by atoms with Crippen LogP contribution in [0.5, 0.6) is 0 Å². The molecule has 1 saturated heterocycles. The van der Waals surface area contributed by atoms with Crippen LogP contribution in [0.2, 0.25) is 0 Å². The lowest BCUT2D eigenvalue weighted by Crippen LogP contribution is -2.33. The zero-order valence-electron chi connectivity index (χ0n) is 10.6. The third-order valence-electron chi connectivity index (χ3n) is 4.04. The Morgan fingerprint density at radius 1 is 0.778 bits per heavy atom. The first kappa shape index (κ1) is 11.9. The van der Waals surface area contributed by atoms with Crippen LogP contribution in [0.3, 0.4) is 0 Å². The summed E-state index contributed by atoms with van der Waals surface area (Å²) in [5.74, 6) is 0. The second-order valence-electron chi connectivity index (χ2n) is 5.09. The van der Waals surface area contributed by atoms with Crippen molar-refractivity contribution in [1.82, 2.24) is 0 Å². The molecule has 3 rings (SSSR count). The fraction of sp³-hybridized carbons (Fsp3) is 0.294. The second kappa shape index (κ2) is 5.24. The molecule has 1 aliphatic heterocycles. The minimum atomic E-state index is 0.277. The molecule has 0 nitrogen and oxygen atoms in total. The summed E-state index contributed by atoms with van der Waals surface area (Å²) in [6, 6.07) is 22.2. The number of hydrogen-bond donors (Lipinski definition) is 0. The Hall–Kier alpha value is -1.13. The fourth-order valence-corrected chi connectivity index (χ4v) is 4.69. The van der Waals surface area contributed by atoms with E-state index in [-0.39, 0.29) is 5.41 Å². The van der Waals surface area contributed by atoms with Gasteiger partial charge in [0.05, 0.1) is 0 Å². The summed E-state index contributed by atoms with van der Waals surface area (Å²) in [6.45, 7) is 0. The van der Waals surface area contributed by atoms with E-state index in [0.717, 1.165) is 8.58 Å². The molecule has 1 heterocycles. The van der Waals surface area contributed by atoms with Crippen molar-refractivity contribution in [3.63, 3.8) is 0 Å². The normalized spacial score (nSPS) is 19.8. The van der Waals surface area contributed by atoms with Gasteiger partial charge in [0, 0.05) is 5.41 Å². The van der Waals surface area contributed by atoms with Gasteiger partial charge in [-0.05, 0) is 36.3 Å². The van der Waals surface area contributed by atoms with Crippen molar-refractivity contribution in [2.75, 3.05) is 12.3 Å². The van der Waals surface area contributed by atoms with Gasteiger partial charge in [0.25, 0.3) is 0 Å². The zero-order chi connectivity index (χ0) is 12.3. The van der Waals surface area contributed by atoms with E-state index in [2.05, 4.69) is 60.7 Å². The first-order valence-electron chi connectivity index (χ1n) is 6.74. The highest BCUT2D eigenvalue weighted by atomic mass is 31.1. The molecule has 0 bridgehead atoms. The molecule has 1 aliphatic rings. The molecule has 0 amide bonds. The van der Waals surface area contributed by atoms with E-state index < -0.39 is 0 Å². The Kier molecular flexibility index (Phi) is 3.48. The van der Waals surface area contributed by atoms with Crippen LogP contribution in [0.4, 0.5) is 0 Å².